The first-order valence-electron chi connectivity index (χ1n) is 5.11. The third-order valence-electron chi connectivity index (χ3n) is 1.89. The van der Waals surface area contributed by atoms with Crippen LogP contribution in [0.5, 0.6) is 5.75 Å². The molecule has 0 saturated heterocycles. The summed E-state index contributed by atoms with van der Waals surface area (Å²) in [6.07, 6.45) is -5.24. The van der Waals surface area contributed by atoms with Crippen LogP contribution < -0.4 is 10.1 Å². The smallest absolute Gasteiger partial charge is 0.401 e. The Labute approximate surface area is 97.2 Å². The summed E-state index contributed by atoms with van der Waals surface area (Å²) < 4.78 is 40.5. The summed E-state index contributed by atoms with van der Waals surface area (Å²) in [6, 6.07) is 8.76. The molecule has 0 bridgehead atoms. The van der Waals surface area contributed by atoms with Crippen molar-refractivity contribution in [2.75, 3.05) is 19.7 Å². The number of para-hydroxylation sites is 1. The monoisotopic (exact) mass is 249 g/mol. The number of hydrogen-bond acceptors (Lipinski definition) is 3. The molecule has 1 atom stereocenters. The number of ether oxygens (including phenoxy) is 1. The maximum absolute atomic E-state index is 11.8. The standard InChI is InChI=1S/C11H14F3NO2/c12-11(13,14)8-15-6-9(16)7-17-10-4-2-1-3-5-10/h1-5,9,15-16H,6-8H2. The Morgan fingerprint density at radius 2 is 1.88 bits per heavy atom. The summed E-state index contributed by atoms with van der Waals surface area (Å²) in [4.78, 5) is 0. The van der Waals surface area contributed by atoms with Gasteiger partial charge in [-0.3, -0.25) is 0 Å². The fourth-order valence-electron chi connectivity index (χ4n) is 1.15. The first-order valence-corrected chi connectivity index (χ1v) is 5.11. The van der Waals surface area contributed by atoms with Gasteiger partial charge in [0.1, 0.15) is 18.5 Å². The molecule has 0 aromatic heterocycles. The van der Waals surface area contributed by atoms with E-state index in [1.54, 1.807) is 24.3 Å². The molecule has 1 aromatic rings. The third-order valence-corrected chi connectivity index (χ3v) is 1.89. The topological polar surface area (TPSA) is 41.5 Å². The Kier molecular flexibility index (Phi) is 5.24. The highest BCUT2D eigenvalue weighted by Gasteiger charge is 2.26. The lowest BCUT2D eigenvalue weighted by molar-refractivity contribution is -0.125. The van der Waals surface area contributed by atoms with Crippen LogP contribution in [0.2, 0.25) is 0 Å². The average molecular weight is 249 g/mol. The molecule has 3 nitrogen and oxygen atoms in total. The molecule has 0 heterocycles. The second-order valence-electron chi connectivity index (χ2n) is 3.52. The normalized spacial score (nSPS) is 13.4. The molecule has 1 rings (SSSR count). The summed E-state index contributed by atoms with van der Waals surface area (Å²) in [5.74, 6) is 0.572. The van der Waals surface area contributed by atoms with Crippen molar-refractivity contribution in [3.05, 3.63) is 30.3 Å². The number of aliphatic hydroxyl groups is 1. The van der Waals surface area contributed by atoms with E-state index in [-0.39, 0.29) is 13.2 Å². The summed E-state index contributed by atoms with van der Waals surface area (Å²) in [7, 11) is 0. The maximum Gasteiger partial charge on any atom is 0.401 e. The summed E-state index contributed by atoms with van der Waals surface area (Å²) in [5, 5.41) is 11.5. The first kappa shape index (κ1) is 13.8. The molecule has 0 aliphatic carbocycles. The van der Waals surface area contributed by atoms with Gasteiger partial charge in [0.15, 0.2) is 0 Å². The van der Waals surface area contributed by atoms with E-state index in [4.69, 9.17) is 4.74 Å². The van der Waals surface area contributed by atoms with E-state index in [1.807, 2.05) is 6.07 Å². The molecule has 0 spiro atoms. The van der Waals surface area contributed by atoms with Crippen LogP contribution in [-0.4, -0.2) is 37.1 Å². The SMILES string of the molecule is OC(CNCC(F)(F)F)COc1ccccc1. The van der Waals surface area contributed by atoms with Crippen LogP contribution in [0.15, 0.2) is 30.3 Å². The highest BCUT2D eigenvalue weighted by molar-refractivity contribution is 5.20. The van der Waals surface area contributed by atoms with Crippen LogP contribution in [0.4, 0.5) is 13.2 Å². The summed E-state index contributed by atoms with van der Waals surface area (Å²) in [5.41, 5.74) is 0. The van der Waals surface area contributed by atoms with Crippen LogP contribution in [0, 0.1) is 0 Å². The van der Waals surface area contributed by atoms with E-state index >= 15 is 0 Å². The molecule has 0 fully saturated rings. The molecule has 1 aromatic carbocycles. The van der Waals surface area contributed by atoms with Gasteiger partial charge in [0, 0.05) is 6.54 Å². The minimum atomic E-state index is -4.26. The van der Waals surface area contributed by atoms with Gasteiger partial charge in [0.25, 0.3) is 0 Å². The number of halogens is 3. The zero-order valence-corrected chi connectivity index (χ0v) is 9.07. The van der Waals surface area contributed by atoms with Crippen LogP contribution in [0.1, 0.15) is 0 Å². The lowest BCUT2D eigenvalue weighted by Crippen LogP contribution is -2.37. The van der Waals surface area contributed by atoms with Crippen molar-refractivity contribution in [1.29, 1.82) is 0 Å². The molecule has 17 heavy (non-hydrogen) atoms. The van der Waals surface area contributed by atoms with Gasteiger partial charge >= 0.3 is 6.18 Å². The Morgan fingerprint density at radius 3 is 2.47 bits per heavy atom. The van der Waals surface area contributed by atoms with Gasteiger partial charge in [0.05, 0.1) is 6.54 Å². The van der Waals surface area contributed by atoms with Crippen molar-refractivity contribution in [3.63, 3.8) is 0 Å². The third kappa shape index (κ3) is 6.80. The van der Waals surface area contributed by atoms with Gasteiger partial charge in [-0.1, -0.05) is 18.2 Å². The van der Waals surface area contributed by atoms with Crippen molar-refractivity contribution in [2.45, 2.75) is 12.3 Å². The fraction of sp³-hybridized carbons (Fsp3) is 0.455. The van der Waals surface area contributed by atoms with Crippen LogP contribution in [-0.2, 0) is 0 Å². The Bertz CT molecular complexity index is 316. The second-order valence-corrected chi connectivity index (χ2v) is 3.52. The number of aliphatic hydroxyl groups excluding tert-OH is 1. The van der Waals surface area contributed by atoms with E-state index in [1.165, 1.54) is 0 Å². The number of alkyl halides is 3. The molecular weight excluding hydrogens is 235 g/mol. The van der Waals surface area contributed by atoms with Gasteiger partial charge in [0.2, 0.25) is 0 Å². The van der Waals surface area contributed by atoms with Gasteiger partial charge in [-0.15, -0.1) is 0 Å². The lowest BCUT2D eigenvalue weighted by Gasteiger charge is -2.14. The highest BCUT2D eigenvalue weighted by atomic mass is 19.4. The number of rotatable bonds is 6. The van der Waals surface area contributed by atoms with Crippen LogP contribution in [0.25, 0.3) is 0 Å². The number of benzene rings is 1. The summed E-state index contributed by atoms with van der Waals surface area (Å²) >= 11 is 0. The largest absolute Gasteiger partial charge is 0.491 e. The molecule has 0 amide bonds. The van der Waals surface area contributed by atoms with Crippen molar-refractivity contribution in [3.8, 4) is 5.75 Å². The van der Waals surface area contributed by atoms with E-state index in [0.29, 0.717) is 5.75 Å². The molecule has 2 N–H and O–H groups in total. The first-order chi connectivity index (χ1) is 7.97. The van der Waals surface area contributed by atoms with E-state index in [2.05, 4.69) is 5.32 Å². The molecule has 0 aliphatic heterocycles. The molecule has 1 unspecified atom stereocenters. The predicted molar refractivity (Wildman–Crippen MR) is 56.9 cm³/mol. The van der Waals surface area contributed by atoms with Gasteiger partial charge in [-0.25, -0.2) is 0 Å². The molecule has 0 aliphatic rings. The van der Waals surface area contributed by atoms with E-state index < -0.39 is 18.8 Å². The Balaban J connectivity index is 2.15. The van der Waals surface area contributed by atoms with Gasteiger partial charge in [-0.05, 0) is 12.1 Å². The molecule has 96 valence electrons. The predicted octanol–water partition coefficient (Wildman–Crippen LogP) is 1.58. The Hall–Kier alpha value is -1.27. The van der Waals surface area contributed by atoms with Crippen molar-refractivity contribution < 1.29 is 23.0 Å². The minimum absolute atomic E-state index is 0.0468. The van der Waals surface area contributed by atoms with E-state index in [0.717, 1.165) is 0 Å². The molecule has 0 saturated carbocycles. The average Bonchev–Trinajstić information content (AvgIpc) is 2.26. The number of nitrogens with one attached hydrogen (secondary N) is 1. The number of hydrogen-bond donors (Lipinski definition) is 2. The molecule has 0 radical (unpaired) electrons. The summed E-state index contributed by atoms with van der Waals surface area (Å²) in [6.45, 7) is -1.32. The van der Waals surface area contributed by atoms with Gasteiger partial charge < -0.3 is 15.2 Å². The van der Waals surface area contributed by atoms with Crippen molar-refractivity contribution >= 4 is 0 Å². The molecule has 6 heteroatoms. The van der Waals surface area contributed by atoms with Crippen molar-refractivity contribution in [2.24, 2.45) is 0 Å². The highest BCUT2D eigenvalue weighted by Crippen LogP contribution is 2.12. The minimum Gasteiger partial charge on any atom is -0.491 e. The van der Waals surface area contributed by atoms with Crippen LogP contribution in [0.3, 0.4) is 0 Å². The lowest BCUT2D eigenvalue weighted by atomic mass is 10.3. The Morgan fingerprint density at radius 1 is 1.24 bits per heavy atom. The van der Waals surface area contributed by atoms with Crippen LogP contribution >= 0.6 is 0 Å². The zero-order valence-electron chi connectivity index (χ0n) is 9.07. The quantitative estimate of drug-likeness (QED) is 0.804. The maximum atomic E-state index is 11.8. The van der Waals surface area contributed by atoms with E-state index in [9.17, 15) is 18.3 Å². The zero-order chi connectivity index (χ0) is 12.7. The second kappa shape index (κ2) is 6.46. The fourth-order valence-corrected chi connectivity index (χ4v) is 1.15. The molecular formula is C11H14F3NO2. The van der Waals surface area contributed by atoms with Crippen molar-refractivity contribution in [1.82, 2.24) is 5.32 Å². The van der Waals surface area contributed by atoms with Gasteiger partial charge in [-0.2, -0.15) is 13.2 Å².